The molecule has 0 spiro atoms. The smallest absolute Gasteiger partial charge is 0.341 e. The Hall–Kier alpha value is -2.39. The van der Waals surface area contributed by atoms with Gasteiger partial charge in [0, 0.05) is 4.88 Å². The van der Waals surface area contributed by atoms with Gasteiger partial charge in [0.25, 0.3) is 5.91 Å². The highest BCUT2D eigenvalue weighted by atomic mass is 79.9. The van der Waals surface area contributed by atoms with E-state index in [4.69, 9.17) is 9.15 Å². The van der Waals surface area contributed by atoms with Crippen LogP contribution in [0.2, 0.25) is 0 Å². The van der Waals surface area contributed by atoms with Gasteiger partial charge < -0.3 is 14.5 Å². The van der Waals surface area contributed by atoms with Gasteiger partial charge in [0.2, 0.25) is 0 Å². The molecule has 3 rings (SSSR count). The highest BCUT2D eigenvalue weighted by molar-refractivity contribution is 9.10. The molecule has 0 saturated heterocycles. The Morgan fingerprint density at radius 3 is 2.62 bits per heavy atom. The third-order valence-electron chi connectivity index (χ3n) is 4.58. The van der Waals surface area contributed by atoms with Crippen LogP contribution in [0.15, 0.2) is 21.0 Å². The molecule has 0 aliphatic heterocycles. The van der Waals surface area contributed by atoms with Crippen molar-refractivity contribution < 1.29 is 18.7 Å². The van der Waals surface area contributed by atoms with Gasteiger partial charge in [-0.05, 0) is 68.2 Å². The summed E-state index contributed by atoms with van der Waals surface area (Å²) in [6, 6.07) is 3.36. The van der Waals surface area contributed by atoms with E-state index < -0.39 is 11.9 Å². The average molecular weight is 480 g/mol. The van der Waals surface area contributed by atoms with Gasteiger partial charge in [0.15, 0.2) is 5.76 Å². The number of nitrogens with zero attached hydrogens (tertiary/aromatic N) is 2. The molecule has 154 valence electrons. The van der Waals surface area contributed by atoms with Gasteiger partial charge in [0.1, 0.15) is 10.8 Å². The molecule has 0 unspecified atom stereocenters. The van der Waals surface area contributed by atoms with Gasteiger partial charge in [-0.25, -0.2) is 4.79 Å². The standard InChI is InChI=1S/C20H22BrN3O4S/c1-6-27-20(26)16-10(2)13(5)29-19(16)22-18(25)15-8-7-14(28-15)9-24-12(4)17(21)11(3)23-24/h7-8H,6,9H2,1-5H3,(H,22,25). The van der Waals surface area contributed by atoms with E-state index in [1.807, 2.05) is 32.4 Å². The normalized spacial score (nSPS) is 11.0. The number of esters is 1. The number of amides is 1. The molecule has 0 bridgehead atoms. The molecule has 0 fully saturated rings. The second-order valence-corrected chi connectivity index (χ2v) is 8.59. The number of rotatable bonds is 6. The maximum absolute atomic E-state index is 12.7. The summed E-state index contributed by atoms with van der Waals surface area (Å²) in [7, 11) is 0. The van der Waals surface area contributed by atoms with Crippen LogP contribution in [0.4, 0.5) is 5.00 Å². The van der Waals surface area contributed by atoms with Crippen LogP contribution in [0.3, 0.4) is 0 Å². The molecule has 3 heterocycles. The van der Waals surface area contributed by atoms with Crippen LogP contribution in [0, 0.1) is 27.7 Å². The molecule has 3 aromatic heterocycles. The highest BCUT2D eigenvalue weighted by Gasteiger charge is 2.23. The Kier molecular flexibility index (Phi) is 6.28. The van der Waals surface area contributed by atoms with E-state index in [9.17, 15) is 9.59 Å². The van der Waals surface area contributed by atoms with E-state index in [0.717, 1.165) is 26.3 Å². The predicted octanol–water partition coefficient (Wildman–Crippen LogP) is 5.01. The Morgan fingerprint density at radius 2 is 2.00 bits per heavy atom. The summed E-state index contributed by atoms with van der Waals surface area (Å²) in [4.78, 5) is 25.9. The van der Waals surface area contributed by atoms with Gasteiger partial charge in [-0.2, -0.15) is 5.10 Å². The maximum Gasteiger partial charge on any atom is 0.341 e. The number of hydrogen-bond donors (Lipinski definition) is 1. The van der Waals surface area contributed by atoms with Gasteiger partial charge >= 0.3 is 5.97 Å². The largest absolute Gasteiger partial charge is 0.462 e. The third-order valence-corrected chi connectivity index (χ3v) is 6.85. The zero-order chi connectivity index (χ0) is 21.3. The quantitative estimate of drug-likeness (QED) is 0.502. The number of carbonyl (C=O) groups excluding carboxylic acids is 2. The van der Waals surface area contributed by atoms with Crippen LogP contribution >= 0.6 is 27.3 Å². The van der Waals surface area contributed by atoms with E-state index in [1.54, 1.807) is 19.1 Å². The van der Waals surface area contributed by atoms with Gasteiger partial charge in [-0.1, -0.05) is 0 Å². The molecule has 0 atom stereocenters. The molecule has 0 aliphatic rings. The topological polar surface area (TPSA) is 86.4 Å². The fourth-order valence-corrected chi connectivity index (χ4v) is 4.22. The predicted molar refractivity (Wildman–Crippen MR) is 115 cm³/mol. The minimum Gasteiger partial charge on any atom is -0.462 e. The summed E-state index contributed by atoms with van der Waals surface area (Å²) in [5.74, 6) is -0.0889. The Bertz CT molecular complexity index is 1080. The van der Waals surface area contributed by atoms with Crippen LogP contribution in [-0.2, 0) is 11.3 Å². The van der Waals surface area contributed by atoms with Crippen molar-refractivity contribution in [3.63, 3.8) is 0 Å². The summed E-state index contributed by atoms with van der Waals surface area (Å²) in [5.41, 5.74) is 3.07. The van der Waals surface area contributed by atoms with Crippen molar-refractivity contribution in [2.75, 3.05) is 11.9 Å². The number of nitrogens with one attached hydrogen (secondary N) is 1. The lowest BCUT2D eigenvalue weighted by Crippen LogP contribution is -2.14. The lowest BCUT2D eigenvalue weighted by atomic mass is 10.1. The summed E-state index contributed by atoms with van der Waals surface area (Å²) >= 11 is 4.84. The number of halogens is 1. The minimum absolute atomic E-state index is 0.166. The molecular formula is C20H22BrN3O4S. The molecule has 0 aliphatic carbocycles. The van der Waals surface area contributed by atoms with Crippen molar-refractivity contribution in [2.45, 2.75) is 41.2 Å². The van der Waals surface area contributed by atoms with E-state index >= 15 is 0 Å². The number of thiophene rings is 1. The summed E-state index contributed by atoms with van der Waals surface area (Å²) in [6.07, 6.45) is 0. The average Bonchev–Trinajstić information content (AvgIpc) is 3.31. The molecule has 0 radical (unpaired) electrons. The first-order valence-corrected chi connectivity index (χ1v) is 10.7. The van der Waals surface area contributed by atoms with Gasteiger partial charge in [0.05, 0.1) is 34.6 Å². The Labute approximate surface area is 181 Å². The molecule has 9 heteroatoms. The Balaban J connectivity index is 1.78. The van der Waals surface area contributed by atoms with E-state index in [-0.39, 0.29) is 12.4 Å². The van der Waals surface area contributed by atoms with Crippen molar-refractivity contribution >= 4 is 44.1 Å². The molecule has 29 heavy (non-hydrogen) atoms. The van der Waals surface area contributed by atoms with Gasteiger partial charge in [-0.3, -0.25) is 9.48 Å². The lowest BCUT2D eigenvalue weighted by Gasteiger charge is -2.06. The van der Waals surface area contributed by atoms with Crippen LogP contribution in [-0.4, -0.2) is 28.3 Å². The highest BCUT2D eigenvalue weighted by Crippen LogP contribution is 2.33. The van der Waals surface area contributed by atoms with Crippen molar-refractivity contribution in [1.29, 1.82) is 0 Å². The number of aromatic nitrogens is 2. The molecular weight excluding hydrogens is 458 g/mol. The number of hydrogen-bond acceptors (Lipinski definition) is 6. The fourth-order valence-electron chi connectivity index (χ4n) is 2.89. The van der Waals surface area contributed by atoms with E-state index in [2.05, 4.69) is 26.3 Å². The van der Waals surface area contributed by atoms with Crippen molar-refractivity contribution in [2.24, 2.45) is 0 Å². The molecule has 1 amide bonds. The monoisotopic (exact) mass is 479 g/mol. The van der Waals surface area contributed by atoms with Crippen LogP contribution in [0.25, 0.3) is 0 Å². The number of ether oxygens (including phenoxy) is 1. The fraction of sp³-hybridized carbons (Fsp3) is 0.350. The molecule has 7 nitrogen and oxygen atoms in total. The van der Waals surface area contributed by atoms with Gasteiger partial charge in [-0.15, -0.1) is 11.3 Å². The van der Waals surface area contributed by atoms with Crippen LogP contribution < -0.4 is 5.32 Å². The first kappa shape index (κ1) is 21.3. The molecule has 0 aromatic carbocycles. The number of aryl methyl sites for hydroxylation is 2. The van der Waals surface area contributed by atoms with Crippen molar-refractivity contribution in [1.82, 2.24) is 9.78 Å². The van der Waals surface area contributed by atoms with Crippen molar-refractivity contribution in [3.8, 4) is 0 Å². The SMILES string of the molecule is CCOC(=O)c1c(NC(=O)c2ccc(Cn3nc(C)c(Br)c3C)o2)sc(C)c1C. The number of carbonyl (C=O) groups is 2. The summed E-state index contributed by atoms with van der Waals surface area (Å²) < 4.78 is 13.6. The Morgan fingerprint density at radius 1 is 1.28 bits per heavy atom. The third kappa shape index (κ3) is 4.30. The second-order valence-electron chi connectivity index (χ2n) is 6.57. The summed E-state index contributed by atoms with van der Waals surface area (Å²) in [5, 5.41) is 7.69. The lowest BCUT2D eigenvalue weighted by molar-refractivity contribution is 0.0527. The summed E-state index contributed by atoms with van der Waals surface area (Å²) in [6.45, 7) is 10.0. The van der Waals surface area contributed by atoms with E-state index in [0.29, 0.717) is 22.9 Å². The first-order valence-electron chi connectivity index (χ1n) is 9.09. The van der Waals surface area contributed by atoms with E-state index in [1.165, 1.54) is 11.3 Å². The number of furan rings is 1. The van der Waals surface area contributed by atoms with Crippen molar-refractivity contribution in [3.05, 3.63) is 55.5 Å². The number of anilines is 1. The van der Waals surface area contributed by atoms with Crippen LogP contribution in [0.1, 0.15) is 55.4 Å². The molecule has 1 N–H and O–H groups in total. The maximum atomic E-state index is 12.7. The zero-order valence-electron chi connectivity index (χ0n) is 16.9. The second kappa shape index (κ2) is 8.54. The molecule has 3 aromatic rings. The van der Waals surface area contributed by atoms with Crippen LogP contribution in [0.5, 0.6) is 0 Å². The zero-order valence-corrected chi connectivity index (χ0v) is 19.3. The first-order chi connectivity index (χ1) is 13.7. The molecule has 0 saturated carbocycles. The minimum atomic E-state index is -0.445.